The van der Waals surface area contributed by atoms with Gasteiger partial charge in [-0.15, -0.1) is 0 Å². The van der Waals surface area contributed by atoms with E-state index in [1.807, 2.05) is 0 Å². The molecule has 0 bridgehead atoms. The fraction of sp³-hybridized carbons (Fsp3) is 0.913. The summed E-state index contributed by atoms with van der Waals surface area (Å²) in [4.78, 5) is 24.1. The number of nitrogens with two attached hydrogens (primary N) is 1. The van der Waals surface area contributed by atoms with E-state index in [2.05, 4.69) is 60.7 Å². The number of aliphatic carboxylic acids is 1. The molecule has 2 atom stereocenters. The smallest absolute Gasteiger partial charge is 0.303 e. The van der Waals surface area contributed by atoms with Crippen LogP contribution < -0.4 is 11.1 Å². The Hall–Kier alpha value is -1.10. The Balaban J connectivity index is 5.33. The molecule has 0 rings (SSSR count). The Morgan fingerprint density at radius 1 is 0.857 bits per heavy atom. The second kappa shape index (κ2) is 11.8. The summed E-state index contributed by atoms with van der Waals surface area (Å²) in [5.74, 6) is 0.139. The summed E-state index contributed by atoms with van der Waals surface area (Å²) < 4.78 is 0. The highest BCUT2D eigenvalue weighted by atomic mass is 16.4. The highest BCUT2D eigenvalue weighted by molar-refractivity contribution is 5.76. The lowest BCUT2D eigenvalue weighted by atomic mass is 9.51. The summed E-state index contributed by atoms with van der Waals surface area (Å²) in [6.07, 6.45) is 3.62. The average Bonchev–Trinajstić information content (AvgIpc) is 2.56. The van der Waals surface area contributed by atoms with Gasteiger partial charge in [0.05, 0.1) is 0 Å². The molecule has 4 N–H and O–H groups in total. The number of amides is 1. The third-order valence-electron chi connectivity index (χ3n) is 7.13. The molecule has 0 radical (unpaired) electrons. The van der Waals surface area contributed by atoms with Crippen molar-refractivity contribution in [2.75, 3.05) is 13.1 Å². The minimum Gasteiger partial charge on any atom is -0.481 e. The van der Waals surface area contributed by atoms with Gasteiger partial charge in [0.25, 0.3) is 0 Å². The molecule has 1 amide bonds. The van der Waals surface area contributed by atoms with E-state index in [4.69, 9.17) is 5.73 Å². The van der Waals surface area contributed by atoms with Gasteiger partial charge in [-0.2, -0.15) is 0 Å². The van der Waals surface area contributed by atoms with Gasteiger partial charge >= 0.3 is 5.97 Å². The molecule has 0 saturated carbocycles. The van der Waals surface area contributed by atoms with Crippen molar-refractivity contribution in [1.82, 2.24) is 5.32 Å². The number of carboxylic acids is 1. The van der Waals surface area contributed by atoms with Crippen LogP contribution in [0, 0.1) is 34.5 Å². The van der Waals surface area contributed by atoms with Crippen LogP contribution in [-0.2, 0) is 9.59 Å². The zero-order valence-electron chi connectivity index (χ0n) is 19.6. The maximum Gasteiger partial charge on any atom is 0.303 e. The largest absolute Gasteiger partial charge is 0.481 e. The van der Waals surface area contributed by atoms with Crippen molar-refractivity contribution in [2.24, 2.45) is 40.2 Å². The number of hydrogen-bond donors (Lipinski definition) is 3. The fourth-order valence-corrected chi connectivity index (χ4v) is 4.74. The van der Waals surface area contributed by atoms with Crippen LogP contribution in [0.25, 0.3) is 0 Å². The molecule has 0 saturated heterocycles. The first-order chi connectivity index (χ1) is 12.8. The molecule has 5 heteroatoms. The molecule has 0 aliphatic heterocycles. The van der Waals surface area contributed by atoms with Crippen LogP contribution in [0.2, 0.25) is 0 Å². The van der Waals surface area contributed by atoms with Crippen molar-refractivity contribution in [1.29, 1.82) is 0 Å². The molecule has 2 unspecified atom stereocenters. The van der Waals surface area contributed by atoms with E-state index >= 15 is 0 Å². The number of unbranched alkanes of at least 4 members (excludes halogenated alkanes) is 2. The fourth-order valence-electron chi connectivity index (χ4n) is 4.74. The molecule has 0 fully saturated rings. The zero-order valence-corrected chi connectivity index (χ0v) is 19.6. The second-order valence-corrected chi connectivity index (χ2v) is 10.1. The van der Waals surface area contributed by atoms with Gasteiger partial charge in [-0.25, -0.2) is 0 Å². The molecule has 5 nitrogen and oxygen atoms in total. The van der Waals surface area contributed by atoms with Crippen LogP contribution in [0.4, 0.5) is 0 Å². The van der Waals surface area contributed by atoms with Crippen molar-refractivity contribution in [2.45, 2.75) is 87.5 Å². The van der Waals surface area contributed by atoms with Gasteiger partial charge in [-0.3, -0.25) is 9.59 Å². The van der Waals surface area contributed by atoms with E-state index in [9.17, 15) is 14.7 Å². The Morgan fingerprint density at radius 3 is 1.71 bits per heavy atom. The standard InChI is InChI=1S/C23H46N2O3/c1-16(2)18(14-20(26)25-13-11-9-10-12-24)22(5,6)23(7,8)19(17(3)4)15-21(27)28/h16-19H,9-15,24H2,1-8H3,(H,25,26)(H,27,28). The van der Waals surface area contributed by atoms with Gasteiger partial charge in [-0.05, 0) is 53.9 Å². The second-order valence-electron chi connectivity index (χ2n) is 10.1. The van der Waals surface area contributed by atoms with E-state index in [1.54, 1.807) is 0 Å². The molecule has 0 aliphatic rings. The quantitative estimate of drug-likeness (QED) is 0.370. The van der Waals surface area contributed by atoms with Crippen molar-refractivity contribution in [3.63, 3.8) is 0 Å². The summed E-state index contributed by atoms with van der Waals surface area (Å²) in [5, 5.41) is 12.5. The molecule has 0 aromatic rings. The molecule has 0 aromatic heterocycles. The van der Waals surface area contributed by atoms with Crippen molar-refractivity contribution in [3.05, 3.63) is 0 Å². The molecule has 0 spiro atoms. The summed E-state index contributed by atoms with van der Waals surface area (Å²) in [7, 11) is 0. The number of carbonyl (C=O) groups is 2. The van der Waals surface area contributed by atoms with Crippen LogP contribution in [0.1, 0.15) is 87.5 Å². The van der Waals surface area contributed by atoms with Crippen molar-refractivity contribution >= 4 is 11.9 Å². The Morgan fingerprint density at radius 2 is 1.32 bits per heavy atom. The van der Waals surface area contributed by atoms with E-state index in [-0.39, 0.29) is 40.9 Å². The van der Waals surface area contributed by atoms with Gasteiger partial charge < -0.3 is 16.2 Å². The lowest BCUT2D eigenvalue weighted by Gasteiger charge is -2.53. The maximum atomic E-state index is 12.6. The van der Waals surface area contributed by atoms with Crippen molar-refractivity contribution in [3.8, 4) is 0 Å². The summed E-state index contributed by atoms with van der Waals surface area (Å²) >= 11 is 0. The van der Waals surface area contributed by atoms with Crippen LogP contribution in [0.5, 0.6) is 0 Å². The highest BCUT2D eigenvalue weighted by Crippen LogP contribution is 2.55. The molecule has 166 valence electrons. The number of carboxylic acid groups (broad SMARTS) is 1. The lowest BCUT2D eigenvalue weighted by molar-refractivity contribution is -0.143. The van der Waals surface area contributed by atoms with Gasteiger partial charge in [0.15, 0.2) is 0 Å². The SMILES string of the molecule is CC(C)C(CC(=O)O)C(C)(C)C(C)(C)C(CC(=O)NCCCCCN)C(C)C. The lowest BCUT2D eigenvalue weighted by Crippen LogP contribution is -2.49. The minimum absolute atomic E-state index is 0.0422. The van der Waals surface area contributed by atoms with Crippen LogP contribution >= 0.6 is 0 Å². The van der Waals surface area contributed by atoms with Gasteiger partial charge in [-0.1, -0.05) is 61.8 Å². The number of carbonyl (C=O) groups excluding carboxylic acids is 1. The summed E-state index contributed by atoms with van der Waals surface area (Å²) in [5.41, 5.74) is 5.09. The van der Waals surface area contributed by atoms with Gasteiger partial charge in [0.2, 0.25) is 5.91 Å². The molecule has 0 heterocycles. The van der Waals surface area contributed by atoms with Gasteiger partial charge in [0.1, 0.15) is 0 Å². The Bertz CT molecular complexity index is 484. The third kappa shape index (κ3) is 7.73. The number of rotatable bonds is 14. The summed E-state index contributed by atoms with van der Waals surface area (Å²) in [6, 6.07) is 0. The molecule has 28 heavy (non-hydrogen) atoms. The minimum atomic E-state index is -0.751. The van der Waals surface area contributed by atoms with E-state index in [0.717, 1.165) is 19.3 Å². The highest BCUT2D eigenvalue weighted by Gasteiger charge is 2.49. The van der Waals surface area contributed by atoms with E-state index < -0.39 is 5.97 Å². The molecule has 0 aromatic carbocycles. The van der Waals surface area contributed by atoms with E-state index in [1.165, 1.54) is 0 Å². The zero-order chi connectivity index (χ0) is 22.1. The molecule has 0 aliphatic carbocycles. The third-order valence-corrected chi connectivity index (χ3v) is 7.13. The van der Waals surface area contributed by atoms with Crippen LogP contribution in [0.15, 0.2) is 0 Å². The number of hydrogen-bond acceptors (Lipinski definition) is 3. The van der Waals surface area contributed by atoms with Crippen LogP contribution in [-0.4, -0.2) is 30.1 Å². The average molecular weight is 399 g/mol. The topological polar surface area (TPSA) is 92.4 Å². The molecular formula is C23H46N2O3. The van der Waals surface area contributed by atoms with Gasteiger partial charge in [0, 0.05) is 19.4 Å². The predicted octanol–water partition coefficient (Wildman–Crippen LogP) is 4.69. The Kier molecular flexibility index (Phi) is 11.3. The first-order valence-corrected chi connectivity index (χ1v) is 11.0. The Labute approximate surface area is 173 Å². The molecular weight excluding hydrogens is 352 g/mol. The monoisotopic (exact) mass is 398 g/mol. The first-order valence-electron chi connectivity index (χ1n) is 11.0. The van der Waals surface area contributed by atoms with E-state index in [0.29, 0.717) is 25.4 Å². The number of nitrogens with one attached hydrogen (secondary N) is 1. The normalized spacial score (nSPS) is 15.0. The summed E-state index contributed by atoms with van der Waals surface area (Å²) in [6.45, 7) is 18.7. The van der Waals surface area contributed by atoms with Crippen molar-refractivity contribution < 1.29 is 14.7 Å². The maximum absolute atomic E-state index is 12.6. The van der Waals surface area contributed by atoms with Crippen LogP contribution in [0.3, 0.4) is 0 Å². The predicted molar refractivity (Wildman–Crippen MR) is 117 cm³/mol. The first kappa shape index (κ1) is 26.9.